The number of aliphatic hydroxyl groups excluding tert-OH is 2. The number of hydrogen-bond donors (Lipinski definition) is 2. The van der Waals surface area contributed by atoms with Crippen LogP contribution >= 0.6 is 50.1 Å². The zero-order valence-electron chi connectivity index (χ0n) is 19.9. The molecular weight excluding hydrogens is 645 g/mol. The van der Waals surface area contributed by atoms with Crippen LogP contribution in [0.4, 0.5) is 0 Å². The highest BCUT2D eigenvalue weighted by molar-refractivity contribution is 14.1. The van der Waals surface area contributed by atoms with E-state index in [-0.39, 0.29) is 31.1 Å². The van der Waals surface area contributed by atoms with Crippen LogP contribution in [-0.4, -0.2) is 50.4 Å². The van der Waals surface area contributed by atoms with Crippen molar-refractivity contribution in [1.29, 1.82) is 0 Å². The zero-order valence-corrected chi connectivity index (χ0v) is 24.4. The van der Waals surface area contributed by atoms with Gasteiger partial charge in [-0.05, 0) is 73.9 Å². The molecule has 7 nitrogen and oxygen atoms in total. The Morgan fingerprint density at radius 2 is 1.80 bits per heavy atom. The molecule has 0 aliphatic rings. The maximum Gasteiger partial charge on any atom is 0.149 e. The molecule has 0 fully saturated rings. The van der Waals surface area contributed by atoms with Gasteiger partial charge < -0.3 is 19.7 Å². The van der Waals surface area contributed by atoms with E-state index in [0.717, 1.165) is 21.3 Å². The second-order valence-electron chi connectivity index (χ2n) is 9.00. The van der Waals surface area contributed by atoms with E-state index >= 15 is 0 Å². The van der Waals surface area contributed by atoms with Crippen LogP contribution in [0.2, 0.25) is 0 Å². The summed E-state index contributed by atoms with van der Waals surface area (Å²) >= 11 is 11.5. The zero-order chi connectivity index (χ0) is 25.6. The molecular formula is C25H30BrClIN3O4. The largest absolute Gasteiger partial charge is 0.492 e. The van der Waals surface area contributed by atoms with Crippen LogP contribution in [0.5, 0.6) is 11.5 Å². The van der Waals surface area contributed by atoms with Gasteiger partial charge in [-0.15, -0.1) is 16.7 Å². The highest BCUT2D eigenvalue weighted by Gasteiger charge is 2.24. The number of nitrogens with zero attached hydrogens (tertiary/aromatic N) is 3. The van der Waals surface area contributed by atoms with E-state index in [1.54, 1.807) is 0 Å². The molecule has 0 aliphatic carbocycles. The van der Waals surface area contributed by atoms with Gasteiger partial charge in [-0.3, -0.25) is 0 Å². The van der Waals surface area contributed by atoms with Crippen molar-refractivity contribution in [2.24, 2.45) is 5.92 Å². The molecule has 2 atom stereocenters. The monoisotopic (exact) mass is 673 g/mol. The van der Waals surface area contributed by atoms with Gasteiger partial charge in [0.2, 0.25) is 0 Å². The van der Waals surface area contributed by atoms with Crippen molar-refractivity contribution in [3.05, 3.63) is 67.5 Å². The molecule has 1 heterocycles. The molecule has 0 spiro atoms. The van der Waals surface area contributed by atoms with Crippen LogP contribution in [0.3, 0.4) is 0 Å². The third-order valence-electron chi connectivity index (χ3n) is 5.78. The van der Waals surface area contributed by atoms with Crippen molar-refractivity contribution >= 4 is 50.1 Å². The first-order valence-electron chi connectivity index (χ1n) is 11.2. The van der Waals surface area contributed by atoms with Crippen molar-refractivity contribution in [1.82, 2.24) is 15.0 Å². The fraction of sp³-hybridized carbons (Fsp3) is 0.440. The number of ether oxygens (including phenoxy) is 2. The van der Waals surface area contributed by atoms with Gasteiger partial charge in [0, 0.05) is 17.2 Å². The molecule has 3 aromatic rings. The molecule has 0 bridgehead atoms. The van der Waals surface area contributed by atoms with E-state index in [0.29, 0.717) is 27.6 Å². The molecule has 190 valence electrons. The van der Waals surface area contributed by atoms with Crippen LogP contribution in [0.1, 0.15) is 37.6 Å². The van der Waals surface area contributed by atoms with Crippen molar-refractivity contribution in [3.63, 3.8) is 0 Å². The molecule has 2 unspecified atom stereocenters. The van der Waals surface area contributed by atoms with Gasteiger partial charge in [-0.1, -0.05) is 44.2 Å². The first-order valence-corrected chi connectivity index (χ1v) is 13.6. The van der Waals surface area contributed by atoms with Crippen LogP contribution in [0.25, 0.3) is 0 Å². The molecule has 3 rings (SSSR count). The summed E-state index contributed by atoms with van der Waals surface area (Å²) < 4.78 is 14.7. The number of halogens is 3. The van der Waals surface area contributed by atoms with Crippen molar-refractivity contribution in [2.75, 3.05) is 19.1 Å². The summed E-state index contributed by atoms with van der Waals surface area (Å²) in [6.45, 7) is 7.07. The second kappa shape index (κ2) is 12.7. The summed E-state index contributed by atoms with van der Waals surface area (Å²) in [6.07, 6.45) is -0.792. The highest BCUT2D eigenvalue weighted by Crippen LogP contribution is 2.36. The third kappa shape index (κ3) is 7.31. The lowest BCUT2D eigenvalue weighted by molar-refractivity contribution is 0.0866. The lowest BCUT2D eigenvalue weighted by Crippen LogP contribution is -2.25. The van der Waals surface area contributed by atoms with Crippen LogP contribution in [-0.2, 0) is 18.6 Å². The predicted molar refractivity (Wildman–Crippen MR) is 148 cm³/mol. The fourth-order valence-corrected chi connectivity index (χ4v) is 4.60. The summed E-state index contributed by atoms with van der Waals surface area (Å²) in [4.78, 5) is 0. The van der Waals surface area contributed by atoms with E-state index in [2.05, 4.69) is 59.1 Å². The van der Waals surface area contributed by atoms with Crippen LogP contribution < -0.4 is 9.47 Å². The quantitative estimate of drug-likeness (QED) is 0.204. The lowest BCUT2D eigenvalue weighted by Gasteiger charge is -2.27. The average molecular weight is 675 g/mol. The molecule has 10 heteroatoms. The Hall–Kier alpha value is -1.40. The minimum Gasteiger partial charge on any atom is -0.492 e. The molecule has 0 saturated heterocycles. The van der Waals surface area contributed by atoms with Gasteiger partial charge >= 0.3 is 0 Å². The second-order valence-corrected chi connectivity index (χ2v) is 11.2. The van der Waals surface area contributed by atoms with Crippen LogP contribution in [0.15, 0.2) is 46.9 Å². The number of hydrogen-bond acceptors (Lipinski definition) is 6. The fourth-order valence-electron chi connectivity index (χ4n) is 3.47. The number of aromatic nitrogens is 3. The number of rotatable bonds is 12. The van der Waals surface area contributed by atoms with Gasteiger partial charge in [0.25, 0.3) is 0 Å². The van der Waals surface area contributed by atoms with E-state index in [9.17, 15) is 10.2 Å². The van der Waals surface area contributed by atoms with Crippen molar-refractivity contribution in [3.8, 4) is 11.5 Å². The van der Waals surface area contributed by atoms with Crippen molar-refractivity contribution in [2.45, 2.75) is 45.4 Å². The Morgan fingerprint density at radius 3 is 2.43 bits per heavy atom. The molecule has 35 heavy (non-hydrogen) atoms. The van der Waals surface area contributed by atoms with Crippen LogP contribution in [0, 0.1) is 9.62 Å². The Morgan fingerprint density at radius 1 is 1.11 bits per heavy atom. The predicted octanol–water partition coefficient (Wildman–Crippen LogP) is 5.16. The van der Waals surface area contributed by atoms with E-state index in [1.807, 2.05) is 52.9 Å². The maximum absolute atomic E-state index is 10.3. The van der Waals surface area contributed by atoms with Crippen molar-refractivity contribution < 1.29 is 19.7 Å². The summed E-state index contributed by atoms with van der Waals surface area (Å²) in [6, 6.07) is 14.0. The molecule has 0 aliphatic heterocycles. The van der Waals surface area contributed by atoms with Gasteiger partial charge in [0.1, 0.15) is 27.9 Å². The smallest absolute Gasteiger partial charge is 0.149 e. The van der Waals surface area contributed by atoms with E-state index < -0.39 is 6.10 Å². The average Bonchev–Trinajstić information content (AvgIpc) is 3.20. The SMILES string of the molecule is CC(CCl)COc1ccc(C(C)(C)c2ccc(OCC(O)Cn3nnc([123I])c3CO)cc2)cc1Br. The number of alkyl halides is 1. The standard InChI is InChI=1S/C25H30BrClIN3O4/c1-16(11-27)14-35-23-9-6-18(10-21(23)26)25(2,3)17-4-7-20(8-5-17)34-15-19(33)12-31-22(13-32)24(28)29-30-31/h4-10,16,19,32-33H,11-15H2,1-3H3/i28-4. The Labute approximate surface area is 233 Å². The Balaban J connectivity index is 1.61. The minimum absolute atomic E-state index is 0.0980. The molecule has 2 aromatic carbocycles. The van der Waals surface area contributed by atoms with Gasteiger partial charge in [0.15, 0.2) is 0 Å². The minimum atomic E-state index is -0.792. The number of aliphatic hydroxyl groups is 2. The summed E-state index contributed by atoms with van der Waals surface area (Å²) in [5.74, 6) is 2.31. The first kappa shape index (κ1) is 28.2. The lowest BCUT2D eigenvalue weighted by atomic mass is 9.78. The summed E-state index contributed by atoms with van der Waals surface area (Å²) in [5, 5.41) is 27.6. The molecule has 0 amide bonds. The summed E-state index contributed by atoms with van der Waals surface area (Å²) in [5.41, 5.74) is 2.61. The Bertz CT molecular complexity index is 1110. The van der Waals surface area contributed by atoms with Gasteiger partial charge in [-0.2, -0.15) is 0 Å². The van der Waals surface area contributed by atoms with E-state index in [1.165, 1.54) is 4.68 Å². The molecule has 0 saturated carbocycles. The Kier molecular flexibility index (Phi) is 10.2. The highest BCUT2D eigenvalue weighted by atomic mass is 123. The van der Waals surface area contributed by atoms with Gasteiger partial charge in [0.05, 0.1) is 29.9 Å². The maximum atomic E-state index is 10.3. The first-order chi connectivity index (χ1) is 16.6. The molecule has 0 radical (unpaired) electrons. The number of benzene rings is 2. The normalized spacial score (nSPS) is 13.5. The topological polar surface area (TPSA) is 89.6 Å². The third-order valence-corrected chi connectivity index (χ3v) is 7.77. The molecule has 2 N–H and O–H groups in total. The summed E-state index contributed by atoms with van der Waals surface area (Å²) in [7, 11) is 0. The molecule has 1 aromatic heterocycles. The van der Waals surface area contributed by atoms with E-state index in [4.69, 9.17) is 21.1 Å². The van der Waals surface area contributed by atoms with Gasteiger partial charge in [-0.25, -0.2) is 4.68 Å².